The minimum Gasteiger partial charge on any atom is -0.501 e. The fourth-order valence-electron chi connectivity index (χ4n) is 5.74. The maximum Gasteiger partial charge on any atom is 0.332 e. The number of ether oxygens (including phenoxy) is 1. The SMILES string of the molecule is C=C(/C=C(/CCc1cncnc1)OC)C(C)CCCC.CC(=O)C(F)(F)C1(N=O)CC(C)(C)CC(C)(C)C1. The normalized spacial score (nSPS) is 18.9. The lowest BCUT2D eigenvalue weighted by Gasteiger charge is -2.50. The topological polar surface area (TPSA) is 81.5 Å². The molecule has 1 heterocycles. The molecule has 0 radical (unpaired) electrons. The van der Waals surface area contributed by atoms with Gasteiger partial charge in [0.2, 0.25) is 5.78 Å². The summed E-state index contributed by atoms with van der Waals surface area (Å²) >= 11 is 0. The molecule has 0 amide bonds. The summed E-state index contributed by atoms with van der Waals surface area (Å²) in [5.74, 6) is -3.48. The highest BCUT2D eigenvalue weighted by molar-refractivity contribution is 5.85. The fraction of sp³-hybridized carbons (Fsp3) is 0.700. The third-order valence-electron chi connectivity index (χ3n) is 7.21. The average Bonchev–Trinajstić information content (AvgIpc) is 2.83. The number of alkyl halides is 2. The molecule has 1 aromatic heterocycles. The zero-order chi connectivity index (χ0) is 29.2. The summed E-state index contributed by atoms with van der Waals surface area (Å²) in [6.07, 6.45) is 13.3. The van der Waals surface area contributed by atoms with Crippen LogP contribution in [0.25, 0.3) is 0 Å². The maximum absolute atomic E-state index is 14.1. The molecule has 1 aromatic rings. The van der Waals surface area contributed by atoms with E-state index in [9.17, 15) is 18.5 Å². The van der Waals surface area contributed by atoms with Crippen LogP contribution in [0.15, 0.2) is 47.9 Å². The number of Topliss-reactive ketones (excluding diaryl/α,β-unsaturated/α-hetero) is 1. The highest BCUT2D eigenvalue weighted by atomic mass is 19.3. The van der Waals surface area contributed by atoms with Crippen molar-refractivity contribution in [1.82, 2.24) is 9.97 Å². The van der Waals surface area contributed by atoms with Crippen LogP contribution < -0.4 is 0 Å². The summed E-state index contributed by atoms with van der Waals surface area (Å²) in [7, 11) is 1.72. The highest BCUT2D eigenvalue weighted by Crippen LogP contribution is 2.56. The molecule has 0 saturated heterocycles. The van der Waals surface area contributed by atoms with Gasteiger partial charge in [0.1, 0.15) is 6.33 Å². The molecule has 0 aromatic carbocycles. The molecule has 38 heavy (non-hydrogen) atoms. The molecular formula is C30H47F2N3O3. The lowest BCUT2D eigenvalue weighted by atomic mass is 9.56. The van der Waals surface area contributed by atoms with Crippen molar-refractivity contribution in [1.29, 1.82) is 0 Å². The first kappa shape index (κ1) is 33.5. The number of unbranched alkanes of at least 4 members (excludes halogenated alkanes) is 1. The first-order chi connectivity index (χ1) is 17.5. The molecule has 0 spiro atoms. The number of aromatic nitrogens is 2. The van der Waals surface area contributed by atoms with Gasteiger partial charge in [-0.1, -0.05) is 66.1 Å². The first-order valence-corrected chi connectivity index (χ1v) is 13.5. The van der Waals surface area contributed by atoms with Crippen LogP contribution in [0.2, 0.25) is 0 Å². The molecule has 1 unspecified atom stereocenters. The molecule has 2 rings (SSSR count). The van der Waals surface area contributed by atoms with Gasteiger partial charge in [-0.05, 0) is 66.1 Å². The van der Waals surface area contributed by atoms with E-state index >= 15 is 0 Å². The van der Waals surface area contributed by atoms with E-state index in [1.54, 1.807) is 13.4 Å². The molecule has 1 aliphatic carbocycles. The van der Waals surface area contributed by atoms with Gasteiger partial charge in [0.15, 0.2) is 5.54 Å². The molecule has 1 fully saturated rings. The summed E-state index contributed by atoms with van der Waals surface area (Å²) in [5.41, 5.74) is -0.701. The number of halogens is 2. The Morgan fingerprint density at radius 3 is 2.18 bits per heavy atom. The van der Waals surface area contributed by atoms with Gasteiger partial charge in [-0.3, -0.25) is 4.79 Å². The van der Waals surface area contributed by atoms with Crippen molar-refractivity contribution in [2.24, 2.45) is 21.9 Å². The molecular weight excluding hydrogens is 488 g/mol. The van der Waals surface area contributed by atoms with Crippen LogP contribution >= 0.6 is 0 Å². The predicted octanol–water partition coefficient (Wildman–Crippen LogP) is 8.27. The van der Waals surface area contributed by atoms with Crippen LogP contribution in [0.4, 0.5) is 8.78 Å². The van der Waals surface area contributed by atoms with E-state index in [1.807, 2.05) is 40.1 Å². The van der Waals surface area contributed by atoms with E-state index in [0.29, 0.717) is 5.92 Å². The molecule has 1 saturated carbocycles. The number of carbonyl (C=O) groups excluding carboxylic acids is 1. The molecule has 1 aliphatic rings. The van der Waals surface area contributed by atoms with Gasteiger partial charge in [0, 0.05) is 25.7 Å². The van der Waals surface area contributed by atoms with E-state index in [0.717, 1.165) is 43.1 Å². The predicted molar refractivity (Wildman–Crippen MR) is 149 cm³/mol. The van der Waals surface area contributed by atoms with Gasteiger partial charge in [0.25, 0.3) is 0 Å². The molecule has 6 nitrogen and oxygen atoms in total. The smallest absolute Gasteiger partial charge is 0.332 e. The maximum atomic E-state index is 14.1. The Morgan fingerprint density at radius 2 is 1.74 bits per heavy atom. The van der Waals surface area contributed by atoms with Crippen LogP contribution in [-0.4, -0.2) is 34.3 Å². The van der Waals surface area contributed by atoms with Gasteiger partial charge in [0.05, 0.1) is 12.9 Å². The van der Waals surface area contributed by atoms with E-state index in [-0.39, 0.29) is 12.8 Å². The molecule has 0 N–H and O–H groups in total. The van der Waals surface area contributed by atoms with E-state index in [1.165, 1.54) is 19.3 Å². The monoisotopic (exact) mass is 535 g/mol. The molecule has 1 atom stereocenters. The second kappa shape index (κ2) is 14.0. The van der Waals surface area contributed by atoms with Crippen LogP contribution in [0.5, 0.6) is 0 Å². The van der Waals surface area contributed by atoms with Crippen molar-refractivity contribution >= 4 is 5.78 Å². The lowest BCUT2D eigenvalue weighted by molar-refractivity contribution is -0.163. The Bertz CT molecular complexity index is 943. The number of allylic oxidation sites excluding steroid dienone is 3. The van der Waals surface area contributed by atoms with Crippen LogP contribution in [0.3, 0.4) is 0 Å². The number of rotatable bonds is 12. The van der Waals surface area contributed by atoms with Crippen LogP contribution in [0.1, 0.15) is 99.0 Å². The van der Waals surface area contributed by atoms with Crippen molar-refractivity contribution in [3.8, 4) is 0 Å². The Labute approximate surface area is 227 Å². The van der Waals surface area contributed by atoms with E-state index in [4.69, 9.17) is 4.74 Å². The third-order valence-corrected chi connectivity index (χ3v) is 7.21. The minimum absolute atomic E-state index is 0.0560. The Balaban J connectivity index is 0.000000382. The summed E-state index contributed by atoms with van der Waals surface area (Å²) in [6.45, 7) is 16.8. The zero-order valence-electron chi connectivity index (χ0n) is 24.6. The van der Waals surface area contributed by atoms with Gasteiger partial charge in [-0.15, -0.1) is 4.91 Å². The molecule has 0 aliphatic heterocycles. The number of ketones is 1. The first-order valence-electron chi connectivity index (χ1n) is 13.5. The summed E-state index contributed by atoms with van der Waals surface area (Å²) in [5, 5.41) is 2.74. The number of hydrogen-bond acceptors (Lipinski definition) is 6. The second-order valence-corrected chi connectivity index (χ2v) is 12.3. The van der Waals surface area contributed by atoms with Crippen molar-refractivity contribution < 1.29 is 18.3 Å². The molecule has 214 valence electrons. The van der Waals surface area contributed by atoms with Gasteiger partial charge in [-0.25, -0.2) is 9.97 Å². The number of hydrogen-bond donors (Lipinski definition) is 0. The molecule has 0 bridgehead atoms. The Morgan fingerprint density at radius 1 is 1.18 bits per heavy atom. The van der Waals surface area contributed by atoms with Crippen LogP contribution in [-0.2, 0) is 16.0 Å². The summed E-state index contributed by atoms with van der Waals surface area (Å²) < 4.78 is 33.7. The van der Waals surface area contributed by atoms with Gasteiger partial charge in [-0.2, -0.15) is 8.78 Å². The van der Waals surface area contributed by atoms with Gasteiger partial charge < -0.3 is 4.74 Å². The zero-order valence-corrected chi connectivity index (χ0v) is 24.6. The van der Waals surface area contributed by atoms with Crippen molar-refractivity contribution in [3.63, 3.8) is 0 Å². The number of carbonyl (C=O) groups is 1. The van der Waals surface area contributed by atoms with Crippen LogP contribution in [0, 0.1) is 21.7 Å². The van der Waals surface area contributed by atoms with E-state index < -0.39 is 28.1 Å². The minimum atomic E-state index is -3.69. The summed E-state index contributed by atoms with van der Waals surface area (Å²) in [4.78, 5) is 30.4. The summed E-state index contributed by atoms with van der Waals surface area (Å²) in [6, 6.07) is 0. The highest BCUT2D eigenvalue weighted by Gasteiger charge is 2.64. The number of nitroso groups, excluding NO2 is 1. The lowest BCUT2D eigenvalue weighted by Crippen LogP contribution is -2.58. The van der Waals surface area contributed by atoms with Crippen molar-refractivity contribution in [2.75, 3.05) is 7.11 Å². The quantitative estimate of drug-likeness (QED) is 0.153. The van der Waals surface area contributed by atoms with Crippen molar-refractivity contribution in [3.05, 3.63) is 53.2 Å². The third kappa shape index (κ3) is 9.66. The van der Waals surface area contributed by atoms with Crippen molar-refractivity contribution in [2.45, 2.75) is 111 Å². The Hall–Kier alpha value is -2.51. The number of methoxy groups -OCH3 is 1. The molecule has 8 heteroatoms. The largest absolute Gasteiger partial charge is 0.501 e. The Kier molecular flexibility index (Phi) is 12.4. The average molecular weight is 536 g/mol. The standard InChI is InChI=1S/C17H26N2O.C13H21F2NO2/c1-5-6-7-14(2)15(3)10-17(20-4)9-8-16-11-18-13-19-12-16;1-9(17)13(14,15)12(16-18)7-10(2,3)6-11(4,5)8-12/h10-14H,3,5-9H2,1-2,4H3;6-8H2,1-5H3/b17-10-;. The second-order valence-electron chi connectivity index (χ2n) is 12.3. The number of nitrogens with zero attached hydrogens (tertiary/aromatic N) is 3. The number of aryl methyl sites for hydroxylation is 1. The fourth-order valence-corrected chi connectivity index (χ4v) is 5.74. The van der Waals surface area contributed by atoms with Gasteiger partial charge >= 0.3 is 5.92 Å². The van der Waals surface area contributed by atoms with E-state index in [2.05, 4.69) is 41.6 Å².